The van der Waals surface area contributed by atoms with Crippen LogP contribution in [0.1, 0.15) is 18.3 Å². The van der Waals surface area contributed by atoms with Gasteiger partial charge in [0.15, 0.2) is 5.16 Å². The summed E-state index contributed by atoms with van der Waals surface area (Å²) < 4.78 is 15.1. The normalized spacial score (nSPS) is 10.8. The highest BCUT2D eigenvalue weighted by molar-refractivity contribution is 7.98. The minimum absolute atomic E-state index is 0.106. The summed E-state index contributed by atoms with van der Waals surface area (Å²) in [6, 6.07) is 3.41. The molecule has 0 atom stereocenters. The van der Waals surface area contributed by atoms with Gasteiger partial charge in [-0.05, 0) is 19.1 Å². The molecule has 0 radical (unpaired) electrons. The van der Waals surface area contributed by atoms with Crippen LogP contribution < -0.4 is 5.73 Å². The van der Waals surface area contributed by atoms with E-state index in [0.29, 0.717) is 23.1 Å². The van der Waals surface area contributed by atoms with Crippen molar-refractivity contribution in [2.75, 3.05) is 0 Å². The maximum atomic E-state index is 13.3. The third-order valence-electron chi connectivity index (χ3n) is 2.89. The van der Waals surface area contributed by atoms with Gasteiger partial charge in [0.05, 0.1) is 11.5 Å². The number of nitrogens with zero attached hydrogens (tertiary/aromatic N) is 4. The van der Waals surface area contributed by atoms with E-state index >= 15 is 0 Å². The molecule has 1 aromatic heterocycles. The SMILES string of the molecule is CCn1c(CN)nnc1SCc1cc(F)ccc1[N+](=O)[O-]. The number of benzene rings is 1. The molecule has 0 unspecified atom stereocenters. The zero-order valence-electron chi connectivity index (χ0n) is 11.3. The van der Waals surface area contributed by atoms with Gasteiger partial charge in [0, 0.05) is 23.9 Å². The molecule has 1 aromatic carbocycles. The molecular formula is C12H14FN5O2S. The lowest BCUT2D eigenvalue weighted by atomic mass is 10.2. The van der Waals surface area contributed by atoms with Gasteiger partial charge in [-0.15, -0.1) is 10.2 Å². The first-order chi connectivity index (χ1) is 10.1. The van der Waals surface area contributed by atoms with E-state index in [-0.39, 0.29) is 18.0 Å². The Morgan fingerprint density at radius 2 is 2.24 bits per heavy atom. The van der Waals surface area contributed by atoms with E-state index in [1.54, 1.807) is 0 Å². The maximum absolute atomic E-state index is 13.3. The number of rotatable bonds is 6. The fourth-order valence-electron chi connectivity index (χ4n) is 1.88. The van der Waals surface area contributed by atoms with Crippen molar-refractivity contribution >= 4 is 17.4 Å². The molecule has 21 heavy (non-hydrogen) atoms. The summed E-state index contributed by atoms with van der Waals surface area (Å²) in [6.07, 6.45) is 0. The Morgan fingerprint density at radius 1 is 1.48 bits per heavy atom. The lowest BCUT2D eigenvalue weighted by Crippen LogP contribution is -2.08. The molecule has 0 aliphatic rings. The van der Waals surface area contributed by atoms with Crippen LogP contribution in [0.15, 0.2) is 23.4 Å². The van der Waals surface area contributed by atoms with Crippen molar-refractivity contribution in [1.82, 2.24) is 14.8 Å². The molecule has 0 fully saturated rings. The van der Waals surface area contributed by atoms with E-state index in [4.69, 9.17) is 5.73 Å². The van der Waals surface area contributed by atoms with Gasteiger partial charge >= 0.3 is 0 Å². The van der Waals surface area contributed by atoms with E-state index in [0.717, 1.165) is 6.07 Å². The van der Waals surface area contributed by atoms with Gasteiger partial charge in [0.1, 0.15) is 11.6 Å². The zero-order valence-corrected chi connectivity index (χ0v) is 12.1. The Kier molecular flexibility index (Phi) is 4.86. The minimum Gasteiger partial charge on any atom is -0.324 e. The van der Waals surface area contributed by atoms with E-state index < -0.39 is 10.7 Å². The van der Waals surface area contributed by atoms with Crippen molar-refractivity contribution in [3.8, 4) is 0 Å². The molecular weight excluding hydrogens is 297 g/mol. The zero-order chi connectivity index (χ0) is 15.4. The lowest BCUT2D eigenvalue weighted by Gasteiger charge is -2.06. The van der Waals surface area contributed by atoms with E-state index in [2.05, 4.69) is 10.2 Å². The van der Waals surface area contributed by atoms with Gasteiger partial charge < -0.3 is 10.3 Å². The molecule has 0 saturated heterocycles. The van der Waals surface area contributed by atoms with Crippen LogP contribution >= 0.6 is 11.8 Å². The average Bonchev–Trinajstić information content (AvgIpc) is 2.86. The highest BCUT2D eigenvalue weighted by atomic mass is 32.2. The third-order valence-corrected chi connectivity index (χ3v) is 3.90. The number of hydrogen-bond donors (Lipinski definition) is 1. The van der Waals surface area contributed by atoms with Crippen LogP contribution in [0.5, 0.6) is 0 Å². The molecule has 0 aliphatic carbocycles. The molecule has 0 amide bonds. The summed E-state index contributed by atoms with van der Waals surface area (Å²) in [5, 5.41) is 19.5. The predicted molar refractivity (Wildman–Crippen MR) is 76.2 cm³/mol. The molecule has 1 heterocycles. The largest absolute Gasteiger partial charge is 0.324 e. The van der Waals surface area contributed by atoms with Crippen LogP contribution in [0.3, 0.4) is 0 Å². The van der Waals surface area contributed by atoms with Gasteiger partial charge in [-0.25, -0.2) is 4.39 Å². The topological polar surface area (TPSA) is 99.9 Å². The van der Waals surface area contributed by atoms with Crippen molar-refractivity contribution in [2.45, 2.75) is 30.9 Å². The fraction of sp³-hybridized carbons (Fsp3) is 0.333. The summed E-state index contributed by atoms with van der Waals surface area (Å²) in [7, 11) is 0. The van der Waals surface area contributed by atoms with Crippen molar-refractivity contribution in [1.29, 1.82) is 0 Å². The molecule has 9 heteroatoms. The number of nitrogens with two attached hydrogens (primary N) is 1. The van der Waals surface area contributed by atoms with Crippen molar-refractivity contribution in [3.63, 3.8) is 0 Å². The number of nitro groups is 1. The lowest BCUT2D eigenvalue weighted by molar-refractivity contribution is -0.385. The van der Waals surface area contributed by atoms with Gasteiger partial charge in [-0.2, -0.15) is 0 Å². The number of aromatic nitrogens is 3. The molecule has 112 valence electrons. The summed E-state index contributed by atoms with van der Waals surface area (Å²) >= 11 is 1.26. The molecule has 0 spiro atoms. The maximum Gasteiger partial charge on any atom is 0.273 e. The quantitative estimate of drug-likeness (QED) is 0.498. The Bertz CT molecular complexity index is 661. The third kappa shape index (κ3) is 3.37. The van der Waals surface area contributed by atoms with Gasteiger partial charge in [0.2, 0.25) is 0 Å². The average molecular weight is 311 g/mol. The summed E-state index contributed by atoms with van der Waals surface area (Å²) in [5.41, 5.74) is 5.76. The molecule has 7 nitrogen and oxygen atoms in total. The van der Waals surface area contributed by atoms with E-state index in [9.17, 15) is 14.5 Å². The van der Waals surface area contributed by atoms with Crippen LogP contribution in [0, 0.1) is 15.9 Å². The van der Waals surface area contributed by atoms with Crippen molar-refractivity contribution < 1.29 is 9.31 Å². The van der Waals surface area contributed by atoms with Crippen LogP contribution in [0.25, 0.3) is 0 Å². The molecule has 2 aromatic rings. The van der Waals surface area contributed by atoms with Gasteiger partial charge in [0.25, 0.3) is 5.69 Å². The number of hydrogen-bond acceptors (Lipinski definition) is 6. The fourth-order valence-corrected chi connectivity index (χ4v) is 2.89. The second kappa shape index (κ2) is 6.64. The summed E-state index contributed by atoms with van der Waals surface area (Å²) in [6.45, 7) is 2.84. The predicted octanol–water partition coefficient (Wildman–Crippen LogP) is 2.10. The van der Waals surface area contributed by atoms with E-state index in [1.165, 1.54) is 23.9 Å². The monoisotopic (exact) mass is 311 g/mol. The first-order valence-corrected chi connectivity index (χ1v) is 7.23. The Labute approximate surface area is 124 Å². The molecule has 2 N–H and O–H groups in total. The number of thioether (sulfide) groups is 1. The van der Waals surface area contributed by atoms with Crippen LogP contribution in [-0.2, 0) is 18.8 Å². The van der Waals surface area contributed by atoms with Crippen LogP contribution in [-0.4, -0.2) is 19.7 Å². The number of halogens is 1. The van der Waals surface area contributed by atoms with Gasteiger partial charge in [-0.3, -0.25) is 10.1 Å². The summed E-state index contributed by atoms with van der Waals surface area (Å²) in [4.78, 5) is 10.4. The molecule has 0 aliphatic heterocycles. The Hall–Kier alpha value is -2.00. The molecule has 0 saturated carbocycles. The smallest absolute Gasteiger partial charge is 0.273 e. The van der Waals surface area contributed by atoms with Gasteiger partial charge in [-0.1, -0.05) is 11.8 Å². The molecule has 0 bridgehead atoms. The Morgan fingerprint density at radius 3 is 2.86 bits per heavy atom. The van der Waals surface area contributed by atoms with E-state index in [1.807, 2.05) is 11.5 Å². The first-order valence-electron chi connectivity index (χ1n) is 6.24. The van der Waals surface area contributed by atoms with Crippen LogP contribution in [0.4, 0.5) is 10.1 Å². The second-order valence-electron chi connectivity index (χ2n) is 4.17. The summed E-state index contributed by atoms with van der Waals surface area (Å²) in [5.74, 6) is 0.376. The van der Waals surface area contributed by atoms with Crippen molar-refractivity contribution in [2.24, 2.45) is 5.73 Å². The standard InChI is InChI=1S/C12H14FN5O2S/c1-2-17-11(6-14)15-16-12(17)21-7-8-5-9(13)3-4-10(8)18(19)20/h3-5H,2,6-7,14H2,1H3. The first kappa shape index (κ1) is 15.4. The highest BCUT2D eigenvalue weighted by Crippen LogP contribution is 2.28. The second-order valence-corrected chi connectivity index (χ2v) is 5.11. The molecule has 2 rings (SSSR count). The minimum atomic E-state index is -0.523. The highest BCUT2D eigenvalue weighted by Gasteiger charge is 2.17. The van der Waals surface area contributed by atoms with Crippen molar-refractivity contribution in [3.05, 3.63) is 45.5 Å². The van der Waals surface area contributed by atoms with Crippen LogP contribution in [0.2, 0.25) is 0 Å². The number of nitro benzene ring substituents is 1. The Balaban J connectivity index is 2.22.